The summed E-state index contributed by atoms with van der Waals surface area (Å²) in [7, 11) is 0. The van der Waals surface area contributed by atoms with Crippen molar-refractivity contribution in [3.8, 4) is 39.9 Å². The van der Waals surface area contributed by atoms with Gasteiger partial charge in [-0.1, -0.05) is 121 Å². The second-order valence-corrected chi connectivity index (χ2v) is 14.9. The smallest absolute Gasteiger partial charge is 0.165 e. The molecule has 11 aromatic rings. The van der Waals surface area contributed by atoms with Crippen molar-refractivity contribution in [2.45, 2.75) is 0 Å². The molecule has 0 aliphatic rings. The Bertz CT molecular complexity index is 3080. The third-order valence-electron chi connectivity index (χ3n) is 9.86. The summed E-state index contributed by atoms with van der Waals surface area (Å²) >= 11 is 3.68. The van der Waals surface area contributed by atoms with Gasteiger partial charge in [0.2, 0.25) is 0 Å². The van der Waals surface area contributed by atoms with Gasteiger partial charge >= 0.3 is 0 Å². The lowest BCUT2D eigenvalue weighted by atomic mass is 10.1. The van der Waals surface area contributed by atoms with Crippen LogP contribution in [0.15, 0.2) is 158 Å². The molecule has 0 amide bonds. The molecular formula is C45H26N4S2. The van der Waals surface area contributed by atoms with Crippen LogP contribution in [0.5, 0.6) is 0 Å². The van der Waals surface area contributed by atoms with E-state index in [4.69, 9.17) is 15.0 Å². The van der Waals surface area contributed by atoms with E-state index in [0.717, 1.165) is 22.4 Å². The molecular weight excluding hydrogens is 661 g/mol. The normalized spacial score (nSPS) is 11.9. The Balaban J connectivity index is 1.15. The molecule has 0 fully saturated rings. The quantitative estimate of drug-likeness (QED) is 0.185. The Labute approximate surface area is 300 Å². The molecule has 51 heavy (non-hydrogen) atoms. The lowest BCUT2D eigenvalue weighted by Gasteiger charge is -2.09. The zero-order valence-corrected chi connectivity index (χ0v) is 28.7. The number of rotatable bonds is 4. The molecule has 4 nitrogen and oxygen atoms in total. The second kappa shape index (κ2) is 11.2. The molecule has 0 saturated heterocycles. The van der Waals surface area contributed by atoms with Crippen LogP contribution >= 0.6 is 22.7 Å². The fourth-order valence-corrected chi connectivity index (χ4v) is 9.96. The number of aromatic nitrogens is 4. The summed E-state index contributed by atoms with van der Waals surface area (Å²) in [6, 6.07) is 55.9. The van der Waals surface area contributed by atoms with Crippen molar-refractivity contribution in [1.29, 1.82) is 0 Å². The van der Waals surface area contributed by atoms with Crippen LogP contribution in [0.25, 0.3) is 102 Å². The van der Waals surface area contributed by atoms with Crippen LogP contribution < -0.4 is 0 Å². The largest absolute Gasteiger partial charge is 0.308 e. The van der Waals surface area contributed by atoms with Gasteiger partial charge in [-0.2, -0.15) is 0 Å². The van der Waals surface area contributed by atoms with Crippen LogP contribution in [0.1, 0.15) is 0 Å². The van der Waals surface area contributed by atoms with E-state index in [1.54, 1.807) is 11.3 Å². The van der Waals surface area contributed by atoms with Crippen molar-refractivity contribution >= 4 is 84.8 Å². The minimum atomic E-state index is 0.666. The molecule has 0 bridgehead atoms. The fraction of sp³-hybridized carbons (Fsp3) is 0. The number of thiophene rings is 2. The molecule has 0 radical (unpaired) electrons. The van der Waals surface area contributed by atoms with Crippen molar-refractivity contribution < 1.29 is 0 Å². The highest BCUT2D eigenvalue weighted by molar-refractivity contribution is 7.27. The Morgan fingerprint density at radius 2 is 0.980 bits per heavy atom. The van der Waals surface area contributed by atoms with Gasteiger partial charge in [0.25, 0.3) is 0 Å². The second-order valence-electron chi connectivity index (χ2n) is 12.8. The van der Waals surface area contributed by atoms with Gasteiger partial charge in [0.05, 0.1) is 15.7 Å². The SMILES string of the molecule is c1ccc(-c2nc(-c3ccccc3)nc(-c3cccc4c3sc3ccc(-n5c6ccccc6c6ccc7c8ccccc8sc7c65)cc34)n2)cc1. The number of para-hydroxylation sites is 1. The maximum Gasteiger partial charge on any atom is 0.165 e. The van der Waals surface area contributed by atoms with Crippen molar-refractivity contribution in [3.05, 3.63) is 158 Å². The van der Waals surface area contributed by atoms with Crippen LogP contribution in [0, 0.1) is 0 Å². The predicted molar refractivity (Wildman–Crippen MR) is 216 cm³/mol. The van der Waals surface area contributed by atoms with Crippen LogP contribution in [-0.2, 0) is 0 Å². The van der Waals surface area contributed by atoms with E-state index in [1.165, 1.54) is 62.2 Å². The molecule has 0 atom stereocenters. The first-order chi connectivity index (χ1) is 25.3. The highest BCUT2D eigenvalue weighted by Crippen LogP contribution is 2.45. The molecule has 7 aromatic carbocycles. The van der Waals surface area contributed by atoms with Gasteiger partial charge in [-0.05, 0) is 36.4 Å². The van der Waals surface area contributed by atoms with E-state index >= 15 is 0 Å². The molecule has 11 rings (SSSR count). The Kier molecular flexibility index (Phi) is 6.26. The van der Waals surface area contributed by atoms with Gasteiger partial charge in [-0.3, -0.25) is 0 Å². The maximum absolute atomic E-state index is 5.07. The number of hydrogen-bond acceptors (Lipinski definition) is 5. The lowest BCUT2D eigenvalue weighted by Crippen LogP contribution is -2.00. The first kappa shape index (κ1) is 28.6. The summed E-state index contributed by atoms with van der Waals surface area (Å²) in [5, 5.41) is 7.59. The van der Waals surface area contributed by atoms with E-state index in [9.17, 15) is 0 Å². The molecule has 0 N–H and O–H groups in total. The van der Waals surface area contributed by atoms with Crippen LogP contribution in [-0.4, -0.2) is 19.5 Å². The van der Waals surface area contributed by atoms with Gasteiger partial charge in [-0.15, -0.1) is 22.7 Å². The summed E-state index contributed by atoms with van der Waals surface area (Å²) in [6.45, 7) is 0. The zero-order chi connectivity index (χ0) is 33.5. The van der Waals surface area contributed by atoms with Gasteiger partial charge in [0.1, 0.15) is 0 Å². The summed E-state index contributed by atoms with van der Waals surface area (Å²) in [4.78, 5) is 15.1. The van der Waals surface area contributed by atoms with Crippen molar-refractivity contribution in [1.82, 2.24) is 19.5 Å². The summed E-state index contributed by atoms with van der Waals surface area (Å²) in [5.74, 6) is 2.01. The third-order valence-corrected chi connectivity index (χ3v) is 12.3. The van der Waals surface area contributed by atoms with Crippen LogP contribution in [0.3, 0.4) is 0 Å². The van der Waals surface area contributed by atoms with Gasteiger partial charge in [-0.25, -0.2) is 15.0 Å². The van der Waals surface area contributed by atoms with Gasteiger partial charge < -0.3 is 4.57 Å². The molecule has 6 heteroatoms. The number of nitrogens with zero attached hydrogens (tertiary/aromatic N) is 4. The Morgan fingerprint density at radius 1 is 0.392 bits per heavy atom. The highest BCUT2D eigenvalue weighted by Gasteiger charge is 2.20. The molecule has 238 valence electrons. The number of benzene rings is 7. The highest BCUT2D eigenvalue weighted by atomic mass is 32.1. The minimum absolute atomic E-state index is 0.666. The molecule has 4 aromatic heterocycles. The first-order valence-corrected chi connectivity index (χ1v) is 18.6. The van der Waals surface area contributed by atoms with E-state index in [1.807, 2.05) is 47.7 Å². The maximum atomic E-state index is 5.07. The van der Waals surface area contributed by atoms with E-state index in [2.05, 4.69) is 126 Å². The summed E-state index contributed by atoms with van der Waals surface area (Å²) in [5.41, 5.74) is 6.57. The zero-order valence-electron chi connectivity index (χ0n) is 27.1. The molecule has 0 saturated carbocycles. The molecule has 4 heterocycles. The topological polar surface area (TPSA) is 43.6 Å². The lowest BCUT2D eigenvalue weighted by molar-refractivity contribution is 1.08. The Hall–Kier alpha value is -6.21. The molecule has 0 unspecified atom stereocenters. The Morgan fingerprint density at radius 3 is 1.76 bits per heavy atom. The van der Waals surface area contributed by atoms with E-state index in [-0.39, 0.29) is 0 Å². The van der Waals surface area contributed by atoms with Gasteiger partial charge in [0, 0.05) is 68.8 Å². The molecule has 0 spiro atoms. The monoisotopic (exact) mass is 686 g/mol. The van der Waals surface area contributed by atoms with Crippen molar-refractivity contribution in [2.75, 3.05) is 0 Å². The average Bonchev–Trinajstić information content (AvgIpc) is 3.88. The number of hydrogen-bond donors (Lipinski definition) is 0. The van der Waals surface area contributed by atoms with Crippen molar-refractivity contribution in [2.24, 2.45) is 0 Å². The molecule has 0 aliphatic carbocycles. The van der Waals surface area contributed by atoms with E-state index in [0.29, 0.717) is 17.5 Å². The minimum Gasteiger partial charge on any atom is -0.308 e. The summed E-state index contributed by atoms with van der Waals surface area (Å²) in [6.07, 6.45) is 0. The molecule has 0 aliphatic heterocycles. The number of fused-ring (bicyclic) bond motifs is 10. The van der Waals surface area contributed by atoms with Crippen LogP contribution in [0.2, 0.25) is 0 Å². The van der Waals surface area contributed by atoms with Crippen molar-refractivity contribution in [3.63, 3.8) is 0 Å². The fourth-order valence-electron chi connectivity index (χ4n) is 7.53. The predicted octanol–water partition coefficient (Wildman–Crippen LogP) is 12.7. The van der Waals surface area contributed by atoms with Crippen LogP contribution in [0.4, 0.5) is 0 Å². The average molecular weight is 687 g/mol. The standard InChI is InChI=1S/C45H26N4S2/c1-3-12-27(13-4-1)43-46-44(28-14-5-2-6-15-28)48-45(47-43)35-19-11-18-33-36-26-29(22-25-39(36)50-41(33)35)49-37-20-9-7-16-30(37)32-23-24-34-31-17-8-10-21-38(31)51-42(34)40(32)49/h1-26H. The summed E-state index contributed by atoms with van der Waals surface area (Å²) < 4.78 is 7.51. The third kappa shape index (κ3) is 4.40. The first-order valence-electron chi connectivity index (χ1n) is 16.9. The van der Waals surface area contributed by atoms with Gasteiger partial charge in [0.15, 0.2) is 17.5 Å². The van der Waals surface area contributed by atoms with E-state index < -0.39 is 0 Å².